The summed E-state index contributed by atoms with van der Waals surface area (Å²) in [5.41, 5.74) is 0.967. The number of benzene rings is 2. The zero-order valence-corrected chi connectivity index (χ0v) is 16.7. The molecule has 31 heavy (non-hydrogen) atoms. The van der Waals surface area contributed by atoms with Gasteiger partial charge >= 0.3 is 11.9 Å². The molecule has 10 heteroatoms. The van der Waals surface area contributed by atoms with Gasteiger partial charge in [-0.2, -0.15) is 0 Å². The van der Waals surface area contributed by atoms with Gasteiger partial charge in [0.15, 0.2) is 0 Å². The van der Waals surface area contributed by atoms with Gasteiger partial charge in [0.25, 0.3) is 11.8 Å². The molecule has 2 N–H and O–H groups in total. The number of para-hydroxylation sites is 1. The van der Waals surface area contributed by atoms with E-state index in [-0.39, 0.29) is 17.6 Å². The monoisotopic (exact) mass is 432 g/mol. The molecule has 2 aromatic rings. The Hall–Kier alpha value is -3.95. The average Bonchev–Trinajstić information content (AvgIpc) is 2.79. The van der Waals surface area contributed by atoms with Crippen molar-refractivity contribution in [3.8, 4) is 5.75 Å². The lowest BCUT2D eigenvalue weighted by atomic mass is 10.1. The van der Waals surface area contributed by atoms with E-state index in [0.717, 1.165) is 0 Å². The number of carboxylic acid groups (broad SMARTS) is 2. The predicted molar refractivity (Wildman–Crippen MR) is 106 cm³/mol. The Kier molecular flexibility index (Phi) is 8.07. The van der Waals surface area contributed by atoms with Crippen molar-refractivity contribution in [2.45, 2.75) is 0 Å². The summed E-state index contributed by atoms with van der Waals surface area (Å²) in [7, 11) is 1.53. The zero-order chi connectivity index (χ0) is 23.0. The van der Waals surface area contributed by atoms with Gasteiger partial charge in [-0.05, 0) is 36.4 Å². The molecule has 0 spiro atoms. The van der Waals surface area contributed by atoms with Gasteiger partial charge in [0.05, 0.1) is 12.7 Å². The largest absolute Gasteiger partial charge is 0.496 e. The third-order valence-corrected chi connectivity index (χ3v) is 4.47. The van der Waals surface area contributed by atoms with Crippen molar-refractivity contribution in [2.24, 2.45) is 0 Å². The number of methoxy groups -OCH3 is 1. The number of carbonyl (C=O) groups excluding carboxylic acids is 2. The molecule has 0 aromatic heterocycles. The second-order valence-electron chi connectivity index (χ2n) is 6.40. The Morgan fingerprint density at radius 1 is 0.806 bits per heavy atom. The van der Waals surface area contributed by atoms with Gasteiger partial charge in [-0.3, -0.25) is 9.59 Å². The van der Waals surface area contributed by atoms with E-state index in [9.17, 15) is 14.0 Å². The van der Waals surface area contributed by atoms with Gasteiger partial charge in [-0.1, -0.05) is 12.1 Å². The minimum absolute atomic E-state index is 0.105. The first-order valence-corrected chi connectivity index (χ1v) is 9.18. The fourth-order valence-electron chi connectivity index (χ4n) is 2.88. The highest BCUT2D eigenvalue weighted by molar-refractivity contribution is 6.27. The van der Waals surface area contributed by atoms with Crippen LogP contribution >= 0.6 is 0 Å². The first-order chi connectivity index (χ1) is 14.7. The molecule has 9 nitrogen and oxygen atoms in total. The first-order valence-electron chi connectivity index (χ1n) is 9.18. The second kappa shape index (κ2) is 10.7. The summed E-state index contributed by atoms with van der Waals surface area (Å²) >= 11 is 0. The topological polar surface area (TPSA) is 124 Å². The molecule has 164 valence electrons. The molecule has 0 radical (unpaired) electrons. The molecule has 0 atom stereocenters. The minimum atomic E-state index is -1.82. The minimum Gasteiger partial charge on any atom is -0.496 e. The highest BCUT2D eigenvalue weighted by Crippen LogP contribution is 2.20. The lowest BCUT2D eigenvalue weighted by Gasteiger charge is -2.35. The predicted octanol–water partition coefficient (Wildman–Crippen LogP) is 1.59. The lowest BCUT2D eigenvalue weighted by molar-refractivity contribution is -0.159. The summed E-state index contributed by atoms with van der Waals surface area (Å²) in [6.07, 6.45) is 0. The smallest absolute Gasteiger partial charge is 0.414 e. The standard InChI is InChI=1S/C19H19FN2O3.C2H2O4/c1-25-17-5-3-2-4-16(17)19(24)22-12-10-21(11-13-22)18(23)14-6-8-15(20)9-7-14;3-1(4)2(5)6/h2-9H,10-13H2,1H3;(H,3,4)(H,5,6). The van der Waals surface area contributed by atoms with Crippen molar-refractivity contribution in [1.29, 1.82) is 0 Å². The Labute approximate surface area is 177 Å². The molecule has 3 rings (SSSR count). The summed E-state index contributed by atoms with van der Waals surface area (Å²) in [4.78, 5) is 46.7. The summed E-state index contributed by atoms with van der Waals surface area (Å²) in [6.45, 7) is 1.78. The molecular formula is C21H21FN2O7. The molecule has 0 saturated carbocycles. The Morgan fingerprint density at radius 2 is 1.29 bits per heavy atom. The highest BCUT2D eigenvalue weighted by atomic mass is 19.1. The summed E-state index contributed by atoms with van der Waals surface area (Å²) < 4.78 is 18.2. The number of carbonyl (C=O) groups is 4. The van der Waals surface area contributed by atoms with Gasteiger partial charge in [-0.15, -0.1) is 0 Å². The first kappa shape index (κ1) is 23.3. The van der Waals surface area contributed by atoms with E-state index in [1.807, 2.05) is 6.07 Å². The van der Waals surface area contributed by atoms with Crippen LogP contribution in [-0.2, 0) is 9.59 Å². The number of nitrogens with zero attached hydrogens (tertiary/aromatic N) is 2. The average molecular weight is 432 g/mol. The van der Waals surface area contributed by atoms with Crippen LogP contribution in [0.3, 0.4) is 0 Å². The van der Waals surface area contributed by atoms with Crippen molar-refractivity contribution in [1.82, 2.24) is 9.80 Å². The molecule has 2 aromatic carbocycles. The molecule has 2 amide bonds. The van der Waals surface area contributed by atoms with Gasteiger partial charge in [0.2, 0.25) is 0 Å². The number of carboxylic acids is 2. The van der Waals surface area contributed by atoms with Crippen LogP contribution in [0.25, 0.3) is 0 Å². The number of piperazine rings is 1. The summed E-state index contributed by atoms with van der Waals surface area (Å²) in [6, 6.07) is 12.6. The molecule has 0 aliphatic carbocycles. The molecule has 1 saturated heterocycles. The third kappa shape index (κ3) is 6.26. The molecule has 1 fully saturated rings. The molecule has 1 aliphatic heterocycles. The van der Waals surface area contributed by atoms with E-state index >= 15 is 0 Å². The van der Waals surface area contributed by atoms with Crippen molar-refractivity contribution >= 4 is 23.8 Å². The van der Waals surface area contributed by atoms with Crippen LogP contribution in [0.4, 0.5) is 4.39 Å². The van der Waals surface area contributed by atoms with E-state index < -0.39 is 11.9 Å². The van der Waals surface area contributed by atoms with Gasteiger partial charge in [0, 0.05) is 31.7 Å². The maximum Gasteiger partial charge on any atom is 0.414 e. The van der Waals surface area contributed by atoms with Crippen LogP contribution in [-0.4, -0.2) is 77.1 Å². The Balaban J connectivity index is 0.000000501. The maximum absolute atomic E-state index is 13.0. The van der Waals surface area contributed by atoms with E-state index in [4.69, 9.17) is 24.5 Å². The number of aliphatic carboxylic acids is 2. The van der Waals surface area contributed by atoms with Gasteiger partial charge in [0.1, 0.15) is 11.6 Å². The van der Waals surface area contributed by atoms with Crippen molar-refractivity contribution in [3.63, 3.8) is 0 Å². The Bertz CT molecular complexity index is 942. The van der Waals surface area contributed by atoms with Crippen LogP contribution in [0.15, 0.2) is 48.5 Å². The van der Waals surface area contributed by atoms with Gasteiger partial charge in [-0.25, -0.2) is 14.0 Å². The van der Waals surface area contributed by atoms with E-state index in [1.165, 1.54) is 31.4 Å². The number of halogens is 1. The number of hydrogen-bond donors (Lipinski definition) is 2. The molecule has 1 heterocycles. The van der Waals surface area contributed by atoms with Crippen molar-refractivity contribution in [3.05, 3.63) is 65.5 Å². The maximum atomic E-state index is 13.0. The molecule has 0 bridgehead atoms. The van der Waals surface area contributed by atoms with Crippen LogP contribution in [0.1, 0.15) is 20.7 Å². The fourth-order valence-corrected chi connectivity index (χ4v) is 2.88. The second-order valence-corrected chi connectivity index (χ2v) is 6.40. The summed E-state index contributed by atoms with van der Waals surface area (Å²) in [5, 5.41) is 14.8. The highest BCUT2D eigenvalue weighted by Gasteiger charge is 2.26. The number of ether oxygens (including phenoxy) is 1. The lowest BCUT2D eigenvalue weighted by Crippen LogP contribution is -2.50. The van der Waals surface area contributed by atoms with E-state index in [0.29, 0.717) is 43.1 Å². The zero-order valence-electron chi connectivity index (χ0n) is 16.7. The van der Waals surface area contributed by atoms with Crippen LogP contribution in [0.2, 0.25) is 0 Å². The van der Waals surface area contributed by atoms with Crippen molar-refractivity contribution in [2.75, 3.05) is 33.3 Å². The molecule has 0 unspecified atom stereocenters. The third-order valence-electron chi connectivity index (χ3n) is 4.47. The summed E-state index contributed by atoms with van der Waals surface area (Å²) in [5.74, 6) is -3.73. The SMILES string of the molecule is COc1ccccc1C(=O)N1CCN(C(=O)c2ccc(F)cc2)CC1.O=C(O)C(=O)O. The molecular weight excluding hydrogens is 411 g/mol. The number of hydrogen-bond acceptors (Lipinski definition) is 5. The van der Waals surface area contributed by atoms with Crippen LogP contribution in [0.5, 0.6) is 5.75 Å². The van der Waals surface area contributed by atoms with E-state index in [1.54, 1.807) is 28.0 Å². The fraction of sp³-hybridized carbons (Fsp3) is 0.238. The van der Waals surface area contributed by atoms with Gasteiger partial charge < -0.3 is 24.7 Å². The normalized spacial score (nSPS) is 13.0. The quantitative estimate of drug-likeness (QED) is 0.706. The number of rotatable bonds is 3. The number of amides is 2. The Morgan fingerprint density at radius 3 is 1.77 bits per heavy atom. The molecule has 1 aliphatic rings. The van der Waals surface area contributed by atoms with Crippen molar-refractivity contribution < 1.29 is 38.5 Å². The van der Waals surface area contributed by atoms with Crippen LogP contribution in [0, 0.1) is 5.82 Å². The van der Waals surface area contributed by atoms with E-state index in [2.05, 4.69) is 0 Å². The van der Waals surface area contributed by atoms with Crippen LogP contribution < -0.4 is 4.74 Å².